The number of likely N-dealkylation sites (N-methyl/N-ethyl adjacent to an activating group) is 1. The van der Waals surface area contributed by atoms with Gasteiger partial charge in [0.05, 0.1) is 6.04 Å². The van der Waals surface area contributed by atoms with Gasteiger partial charge in [-0.05, 0) is 63.9 Å². The Balaban J connectivity index is 2.08. The molecule has 0 saturated carbocycles. The van der Waals surface area contributed by atoms with Crippen LogP contribution in [-0.2, 0) is 11.3 Å². The Morgan fingerprint density at radius 1 is 1.04 bits per heavy atom. The highest BCUT2D eigenvalue weighted by Gasteiger charge is 2.20. The van der Waals surface area contributed by atoms with Crippen LogP contribution in [0.25, 0.3) is 0 Å². The molecule has 0 fully saturated rings. The first-order chi connectivity index (χ1) is 11.3. The van der Waals surface area contributed by atoms with Crippen molar-refractivity contribution in [1.82, 2.24) is 4.90 Å². The number of nitrogens with one attached hydrogen (secondary N) is 1. The molecule has 0 saturated heterocycles. The molecule has 128 valence electrons. The van der Waals surface area contributed by atoms with E-state index in [1.807, 2.05) is 40.0 Å². The molecule has 0 heterocycles. The van der Waals surface area contributed by atoms with Gasteiger partial charge in [-0.1, -0.05) is 42.0 Å². The average Bonchev–Trinajstić information content (AvgIpc) is 2.52. The fraction of sp³-hybridized carbons (Fsp3) is 0.381. The molecule has 3 nitrogen and oxygen atoms in total. The Bertz CT molecular complexity index is 713. The predicted octanol–water partition coefficient (Wildman–Crippen LogP) is 4.38. The molecule has 2 aromatic carbocycles. The number of anilines is 1. The van der Waals surface area contributed by atoms with Crippen molar-refractivity contribution in [1.29, 1.82) is 0 Å². The predicted molar refractivity (Wildman–Crippen MR) is 101 cm³/mol. The van der Waals surface area contributed by atoms with Crippen LogP contribution in [-0.4, -0.2) is 23.9 Å². The van der Waals surface area contributed by atoms with E-state index in [9.17, 15) is 4.79 Å². The number of carbonyl (C=O) groups excluding carboxylic acids is 1. The number of hydrogen-bond donors (Lipinski definition) is 1. The highest BCUT2D eigenvalue weighted by molar-refractivity contribution is 5.95. The van der Waals surface area contributed by atoms with Gasteiger partial charge in [0.25, 0.3) is 0 Å². The highest BCUT2D eigenvalue weighted by Crippen LogP contribution is 2.22. The van der Waals surface area contributed by atoms with E-state index in [1.165, 1.54) is 16.7 Å². The van der Waals surface area contributed by atoms with Crippen LogP contribution in [0.2, 0.25) is 0 Å². The maximum absolute atomic E-state index is 12.7. The summed E-state index contributed by atoms with van der Waals surface area (Å²) < 4.78 is 0. The van der Waals surface area contributed by atoms with Crippen LogP contribution in [0.15, 0.2) is 36.4 Å². The molecule has 0 unspecified atom stereocenters. The third-order valence-corrected chi connectivity index (χ3v) is 4.65. The van der Waals surface area contributed by atoms with Crippen LogP contribution < -0.4 is 5.32 Å². The lowest BCUT2D eigenvalue weighted by Gasteiger charge is -2.25. The first kappa shape index (κ1) is 18.2. The summed E-state index contributed by atoms with van der Waals surface area (Å²) in [6.07, 6.45) is 0. The van der Waals surface area contributed by atoms with Crippen molar-refractivity contribution in [2.45, 2.75) is 47.2 Å². The summed E-state index contributed by atoms with van der Waals surface area (Å²) in [5.41, 5.74) is 6.86. The fourth-order valence-corrected chi connectivity index (χ4v) is 3.00. The lowest BCUT2D eigenvalue weighted by molar-refractivity contribution is -0.120. The topological polar surface area (TPSA) is 32.3 Å². The zero-order chi connectivity index (χ0) is 17.9. The van der Waals surface area contributed by atoms with Gasteiger partial charge in [0.1, 0.15) is 0 Å². The second kappa shape index (κ2) is 7.63. The first-order valence-electron chi connectivity index (χ1n) is 8.43. The maximum Gasteiger partial charge on any atom is 0.241 e. The Kier molecular flexibility index (Phi) is 5.79. The van der Waals surface area contributed by atoms with E-state index in [4.69, 9.17) is 0 Å². The zero-order valence-corrected chi connectivity index (χ0v) is 15.6. The Morgan fingerprint density at radius 3 is 2.21 bits per heavy atom. The average molecular weight is 324 g/mol. The maximum atomic E-state index is 12.7. The van der Waals surface area contributed by atoms with Gasteiger partial charge in [-0.3, -0.25) is 9.69 Å². The third kappa shape index (κ3) is 4.24. The number of aryl methyl sites for hydroxylation is 4. The SMILES string of the molecule is Cc1cc(C)c(NC(=O)[C@@H](C)N(C)Cc2ccccc2C)c(C)c1. The van der Waals surface area contributed by atoms with Gasteiger partial charge in [0.2, 0.25) is 5.91 Å². The summed E-state index contributed by atoms with van der Waals surface area (Å²) in [6.45, 7) is 11.0. The van der Waals surface area contributed by atoms with Crippen molar-refractivity contribution < 1.29 is 4.79 Å². The normalized spacial score (nSPS) is 12.3. The van der Waals surface area contributed by atoms with Crippen LogP contribution in [0.5, 0.6) is 0 Å². The molecule has 0 radical (unpaired) electrons. The van der Waals surface area contributed by atoms with Crippen molar-refractivity contribution in [2.75, 3.05) is 12.4 Å². The molecule has 2 aromatic rings. The molecule has 0 bridgehead atoms. The van der Waals surface area contributed by atoms with Gasteiger partial charge in [-0.15, -0.1) is 0 Å². The summed E-state index contributed by atoms with van der Waals surface area (Å²) in [6, 6.07) is 12.3. The number of hydrogen-bond acceptors (Lipinski definition) is 2. The van der Waals surface area contributed by atoms with E-state index >= 15 is 0 Å². The summed E-state index contributed by atoms with van der Waals surface area (Å²) in [5, 5.41) is 3.11. The van der Waals surface area contributed by atoms with E-state index in [2.05, 4.69) is 48.3 Å². The first-order valence-corrected chi connectivity index (χ1v) is 8.43. The van der Waals surface area contributed by atoms with Crippen molar-refractivity contribution in [2.24, 2.45) is 0 Å². The third-order valence-electron chi connectivity index (χ3n) is 4.65. The Hall–Kier alpha value is -2.13. The van der Waals surface area contributed by atoms with E-state index in [0.29, 0.717) is 0 Å². The molecule has 1 atom stereocenters. The molecule has 24 heavy (non-hydrogen) atoms. The number of benzene rings is 2. The quantitative estimate of drug-likeness (QED) is 0.885. The van der Waals surface area contributed by atoms with Gasteiger partial charge in [0, 0.05) is 12.2 Å². The second-order valence-corrected chi connectivity index (χ2v) is 6.78. The van der Waals surface area contributed by atoms with Gasteiger partial charge < -0.3 is 5.32 Å². The van der Waals surface area contributed by atoms with Gasteiger partial charge in [0.15, 0.2) is 0 Å². The zero-order valence-electron chi connectivity index (χ0n) is 15.6. The standard InChI is InChI=1S/C21H28N2O/c1-14-11-16(3)20(17(4)12-14)22-21(24)18(5)23(6)13-19-10-8-7-9-15(19)2/h7-12,18H,13H2,1-6H3,(H,22,24)/t18-/m1/s1. The van der Waals surface area contributed by atoms with Crippen LogP contribution in [0.1, 0.15) is 34.7 Å². The lowest BCUT2D eigenvalue weighted by Crippen LogP contribution is -2.39. The molecule has 0 aromatic heterocycles. The van der Waals surface area contributed by atoms with Gasteiger partial charge in [-0.25, -0.2) is 0 Å². The lowest BCUT2D eigenvalue weighted by atomic mass is 10.0. The molecule has 2 rings (SSSR count). The Morgan fingerprint density at radius 2 is 1.62 bits per heavy atom. The molecule has 3 heteroatoms. The summed E-state index contributed by atoms with van der Waals surface area (Å²) in [4.78, 5) is 14.7. The summed E-state index contributed by atoms with van der Waals surface area (Å²) >= 11 is 0. The smallest absolute Gasteiger partial charge is 0.241 e. The highest BCUT2D eigenvalue weighted by atomic mass is 16.2. The Labute approximate surface area is 145 Å². The minimum atomic E-state index is -0.204. The largest absolute Gasteiger partial charge is 0.324 e. The molecule has 0 aliphatic rings. The van der Waals surface area contributed by atoms with Crippen LogP contribution in [0.4, 0.5) is 5.69 Å². The molecular formula is C21H28N2O. The molecule has 0 spiro atoms. The fourth-order valence-electron chi connectivity index (χ4n) is 3.00. The second-order valence-electron chi connectivity index (χ2n) is 6.78. The summed E-state index contributed by atoms with van der Waals surface area (Å²) in [5.74, 6) is 0.0288. The molecular weight excluding hydrogens is 296 g/mol. The van der Waals surface area contributed by atoms with Gasteiger partial charge >= 0.3 is 0 Å². The molecule has 0 aliphatic heterocycles. The summed E-state index contributed by atoms with van der Waals surface area (Å²) in [7, 11) is 1.99. The number of rotatable bonds is 5. The van der Waals surface area contributed by atoms with E-state index in [-0.39, 0.29) is 11.9 Å². The number of carbonyl (C=O) groups is 1. The van der Waals surface area contributed by atoms with Gasteiger partial charge in [-0.2, -0.15) is 0 Å². The number of amides is 1. The van der Waals surface area contributed by atoms with Crippen LogP contribution in [0.3, 0.4) is 0 Å². The molecule has 0 aliphatic carbocycles. The number of nitrogens with zero attached hydrogens (tertiary/aromatic N) is 1. The minimum Gasteiger partial charge on any atom is -0.324 e. The van der Waals surface area contributed by atoms with Crippen molar-refractivity contribution in [3.63, 3.8) is 0 Å². The minimum absolute atomic E-state index is 0.0288. The van der Waals surface area contributed by atoms with Crippen molar-refractivity contribution in [3.8, 4) is 0 Å². The van der Waals surface area contributed by atoms with E-state index < -0.39 is 0 Å². The van der Waals surface area contributed by atoms with E-state index in [0.717, 1.165) is 23.4 Å². The van der Waals surface area contributed by atoms with Crippen molar-refractivity contribution >= 4 is 11.6 Å². The molecule has 1 N–H and O–H groups in total. The van der Waals surface area contributed by atoms with Crippen molar-refractivity contribution in [3.05, 3.63) is 64.2 Å². The molecule has 1 amide bonds. The van der Waals surface area contributed by atoms with E-state index in [1.54, 1.807) is 0 Å². The van der Waals surface area contributed by atoms with Crippen LogP contribution in [0, 0.1) is 27.7 Å². The monoisotopic (exact) mass is 324 g/mol. The van der Waals surface area contributed by atoms with Crippen LogP contribution >= 0.6 is 0 Å².